The highest BCUT2D eigenvalue weighted by molar-refractivity contribution is 7.13. The van der Waals surface area contributed by atoms with Gasteiger partial charge in [0.15, 0.2) is 6.29 Å². The Balaban J connectivity index is 2.59. The highest BCUT2D eigenvalue weighted by atomic mass is 32.1. The Kier molecular flexibility index (Phi) is 2.92. The summed E-state index contributed by atoms with van der Waals surface area (Å²) in [5.74, 6) is 0.498. The molecule has 4 heteroatoms. The Morgan fingerprint density at radius 1 is 1.44 bits per heavy atom. The third-order valence-electron chi connectivity index (χ3n) is 2.26. The van der Waals surface area contributed by atoms with Gasteiger partial charge in [-0.2, -0.15) is 0 Å². The van der Waals surface area contributed by atoms with Gasteiger partial charge in [-0.3, -0.25) is 4.79 Å². The van der Waals surface area contributed by atoms with Crippen LogP contribution in [-0.2, 0) is 0 Å². The summed E-state index contributed by atoms with van der Waals surface area (Å²) in [5, 5.41) is 11.7. The predicted molar refractivity (Wildman–Crippen MR) is 63.4 cm³/mol. The minimum Gasteiger partial charge on any atom is -0.507 e. The van der Waals surface area contributed by atoms with Gasteiger partial charge in [0.2, 0.25) is 0 Å². The van der Waals surface area contributed by atoms with Crippen LogP contribution >= 0.6 is 11.3 Å². The number of benzene rings is 1. The Morgan fingerprint density at radius 2 is 2.25 bits per heavy atom. The van der Waals surface area contributed by atoms with Crippen LogP contribution in [0.2, 0.25) is 0 Å². The molecule has 0 aliphatic carbocycles. The SMILES string of the molecule is COc1cc(O)c(-c2cccs2)cc1C=O. The first-order valence-corrected chi connectivity index (χ1v) is 5.54. The number of aldehydes is 1. The van der Waals surface area contributed by atoms with Gasteiger partial charge < -0.3 is 9.84 Å². The molecule has 3 nitrogen and oxygen atoms in total. The first-order chi connectivity index (χ1) is 7.76. The zero-order valence-electron chi connectivity index (χ0n) is 8.64. The minimum atomic E-state index is 0.116. The van der Waals surface area contributed by atoms with Gasteiger partial charge in [-0.1, -0.05) is 6.07 Å². The molecule has 0 atom stereocenters. The smallest absolute Gasteiger partial charge is 0.153 e. The first-order valence-electron chi connectivity index (χ1n) is 4.66. The molecule has 1 aromatic carbocycles. The Labute approximate surface area is 96.9 Å². The van der Waals surface area contributed by atoms with Crippen molar-refractivity contribution in [2.45, 2.75) is 0 Å². The summed E-state index contributed by atoms with van der Waals surface area (Å²) in [4.78, 5) is 11.8. The second kappa shape index (κ2) is 4.37. The molecule has 0 fully saturated rings. The molecule has 0 aliphatic heterocycles. The molecule has 2 rings (SSSR count). The molecule has 82 valence electrons. The van der Waals surface area contributed by atoms with E-state index in [-0.39, 0.29) is 5.75 Å². The number of phenols is 1. The summed E-state index contributed by atoms with van der Waals surface area (Å²) in [6.07, 6.45) is 0.718. The van der Waals surface area contributed by atoms with Gasteiger partial charge >= 0.3 is 0 Å². The van der Waals surface area contributed by atoms with E-state index >= 15 is 0 Å². The molecule has 16 heavy (non-hydrogen) atoms. The largest absolute Gasteiger partial charge is 0.507 e. The van der Waals surface area contributed by atoms with Crippen LogP contribution in [0.25, 0.3) is 10.4 Å². The van der Waals surface area contributed by atoms with Crippen molar-refractivity contribution in [3.8, 4) is 21.9 Å². The van der Waals surface area contributed by atoms with Crippen LogP contribution in [-0.4, -0.2) is 18.5 Å². The number of phenolic OH excluding ortho intramolecular Hbond substituents is 1. The average Bonchev–Trinajstić information content (AvgIpc) is 2.82. The number of thiophene rings is 1. The van der Waals surface area contributed by atoms with E-state index in [0.29, 0.717) is 16.9 Å². The molecule has 0 amide bonds. The van der Waals surface area contributed by atoms with Gasteiger partial charge in [-0.15, -0.1) is 11.3 Å². The fourth-order valence-electron chi connectivity index (χ4n) is 1.48. The van der Waals surface area contributed by atoms with E-state index in [1.165, 1.54) is 24.5 Å². The topological polar surface area (TPSA) is 46.5 Å². The van der Waals surface area contributed by atoms with Crippen LogP contribution < -0.4 is 4.74 Å². The summed E-state index contributed by atoms with van der Waals surface area (Å²) in [6, 6.07) is 6.87. The number of carbonyl (C=O) groups is 1. The van der Waals surface area contributed by atoms with Gasteiger partial charge in [-0.05, 0) is 17.5 Å². The lowest BCUT2D eigenvalue weighted by molar-refractivity contribution is 0.112. The second-order valence-corrected chi connectivity index (χ2v) is 4.15. The maximum absolute atomic E-state index is 10.9. The molecule has 2 aromatic rings. The fourth-order valence-corrected chi connectivity index (χ4v) is 2.24. The summed E-state index contributed by atoms with van der Waals surface area (Å²) in [7, 11) is 1.46. The van der Waals surface area contributed by atoms with Crippen LogP contribution in [0.4, 0.5) is 0 Å². The van der Waals surface area contributed by atoms with Crippen molar-refractivity contribution in [3.63, 3.8) is 0 Å². The lowest BCUT2D eigenvalue weighted by Crippen LogP contribution is -1.91. The molecule has 0 spiro atoms. The number of ether oxygens (including phenoxy) is 1. The molecular weight excluding hydrogens is 224 g/mol. The van der Waals surface area contributed by atoms with Gasteiger partial charge in [0.1, 0.15) is 11.5 Å². The molecule has 1 heterocycles. The first kappa shape index (κ1) is 10.7. The molecule has 0 saturated heterocycles. The standard InChI is InChI=1S/C12H10O3S/c1-15-11-6-10(14)9(5-8(11)7-13)12-3-2-4-16-12/h2-7,14H,1H3. The van der Waals surface area contributed by atoms with Gasteiger partial charge in [0, 0.05) is 16.5 Å². The van der Waals surface area contributed by atoms with Crippen LogP contribution in [0, 0.1) is 0 Å². The highest BCUT2D eigenvalue weighted by Crippen LogP contribution is 2.36. The van der Waals surface area contributed by atoms with E-state index in [0.717, 1.165) is 11.2 Å². The maximum atomic E-state index is 10.9. The third kappa shape index (κ3) is 1.79. The quantitative estimate of drug-likeness (QED) is 0.830. The van der Waals surface area contributed by atoms with E-state index in [4.69, 9.17) is 4.74 Å². The van der Waals surface area contributed by atoms with E-state index in [1.54, 1.807) is 6.07 Å². The predicted octanol–water partition coefficient (Wildman–Crippen LogP) is 2.94. The molecule has 1 aromatic heterocycles. The van der Waals surface area contributed by atoms with Crippen molar-refractivity contribution in [3.05, 3.63) is 35.2 Å². The van der Waals surface area contributed by atoms with E-state index < -0.39 is 0 Å². The molecule has 0 unspecified atom stereocenters. The van der Waals surface area contributed by atoms with Crippen LogP contribution in [0.1, 0.15) is 10.4 Å². The zero-order valence-corrected chi connectivity index (χ0v) is 9.45. The lowest BCUT2D eigenvalue weighted by atomic mass is 10.1. The molecular formula is C12H10O3S. The molecule has 0 aliphatic rings. The van der Waals surface area contributed by atoms with Gasteiger partial charge in [-0.25, -0.2) is 0 Å². The molecule has 0 saturated carbocycles. The van der Waals surface area contributed by atoms with Crippen molar-refractivity contribution >= 4 is 17.6 Å². The Morgan fingerprint density at radius 3 is 2.81 bits per heavy atom. The van der Waals surface area contributed by atoms with Crippen LogP contribution in [0.3, 0.4) is 0 Å². The third-order valence-corrected chi connectivity index (χ3v) is 3.16. The van der Waals surface area contributed by atoms with Gasteiger partial charge in [0.05, 0.1) is 12.7 Å². The fraction of sp³-hybridized carbons (Fsp3) is 0.0833. The zero-order chi connectivity index (χ0) is 11.5. The van der Waals surface area contributed by atoms with Crippen LogP contribution in [0.5, 0.6) is 11.5 Å². The van der Waals surface area contributed by atoms with E-state index in [1.807, 2.05) is 17.5 Å². The monoisotopic (exact) mass is 234 g/mol. The van der Waals surface area contributed by atoms with Crippen LogP contribution in [0.15, 0.2) is 29.6 Å². The lowest BCUT2D eigenvalue weighted by Gasteiger charge is -2.08. The van der Waals surface area contributed by atoms with Crippen molar-refractivity contribution in [1.82, 2.24) is 0 Å². The number of carbonyl (C=O) groups excluding carboxylic acids is 1. The number of hydrogen-bond donors (Lipinski definition) is 1. The molecule has 1 N–H and O–H groups in total. The van der Waals surface area contributed by atoms with E-state index in [2.05, 4.69) is 0 Å². The highest BCUT2D eigenvalue weighted by Gasteiger charge is 2.11. The number of rotatable bonds is 3. The van der Waals surface area contributed by atoms with Crippen molar-refractivity contribution in [2.24, 2.45) is 0 Å². The summed E-state index contributed by atoms with van der Waals surface area (Å²) in [5.41, 5.74) is 1.08. The van der Waals surface area contributed by atoms with Crippen molar-refractivity contribution in [1.29, 1.82) is 0 Å². The average molecular weight is 234 g/mol. The van der Waals surface area contributed by atoms with E-state index in [9.17, 15) is 9.90 Å². The molecule has 0 bridgehead atoms. The number of aromatic hydroxyl groups is 1. The van der Waals surface area contributed by atoms with Crippen molar-refractivity contribution < 1.29 is 14.6 Å². The molecule has 0 radical (unpaired) electrons. The number of hydrogen-bond acceptors (Lipinski definition) is 4. The second-order valence-electron chi connectivity index (χ2n) is 3.21. The summed E-state index contributed by atoms with van der Waals surface area (Å²) < 4.78 is 5.00. The Hall–Kier alpha value is -1.81. The summed E-state index contributed by atoms with van der Waals surface area (Å²) >= 11 is 1.51. The van der Waals surface area contributed by atoms with Gasteiger partial charge in [0.25, 0.3) is 0 Å². The number of methoxy groups -OCH3 is 1. The normalized spacial score (nSPS) is 10.1. The van der Waals surface area contributed by atoms with Crippen molar-refractivity contribution in [2.75, 3.05) is 7.11 Å². The summed E-state index contributed by atoms with van der Waals surface area (Å²) in [6.45, 7) is 0. The Bertz CT molecular complexity index is 503. The maximum Gasteiger partial charge on any atom is 0.153 e. The minimum absolute atomic E-state index is 0.116.